The molecule has 1 aromatic heterocycles. The van der Waals surface area contributed by atoms with E-state index in [1.54, 1.807) is 18.3 Å². The van der Waals surface area contributed by atoms with Crippen molar-refractivity contribution < 1.29 is 24.4 Å². The maximum atomic E-state index is 10.7. The maximum Gasteiger partial charge on any atom is 0.257 e. The number of aliphatic imine (C=N–C) groups is 1. The van der Waals surface area contributed by atoms with Gasteiger partial charge in [0.2, 0.25) is 12.2 Å². The van der Waals surface area contributed by atoms with Crippen LogP contribution in [0.4, 0.5) is 0 Å². The van der Waals surface area contributed by atoms with E-state index < -0.39 is 12.0 Å². The summed E-state index contributed by atoms with van der Waals surface area (Å²) in [7, 11) is 0. The molecule has 2 atom stereocenters. The lowest BCUT2D eigenvalue weighted by Crippen LogP contribution is -2.41. The zero-order chi connectivity index (χ0) is 24.4. The Morgan fingerprint density at radius 1 is 1.26 bits per heavy atom. The van der Waals surface area contributed by atoms with Gasteiger partial charge < -0.3 is 29.3 Å². The van der Waals surface area contributed by atoms with E-state index in [4.69, 9.17) is 14.2 Å². The van der Waals surface area contributed by atoms with E-state index in [9.17, 15) is 10.2 Å². The van der Waals surface area contributed by atoms with Gasteiger partial charge in [0.25, 0.3) is 5.88 Å². The molecule has 5 rings (SSSR count). The summed E-state index contributed by atoms with van der Waals surface area (Å²) in [5.74, 6) is 7.55. The van der Waals surface area contributed by atoms with Gasteiger partial charge in [0.15, 0.2) is 11.9 Å². The van der Waals surface area contributed by atoms with Gasteiger partial charge in [0.1, 0.15) is 18.8 Å². The van der Waals surface area contributed by atoms with Gasteiger partial charge in [-0.2, -0.15) is 4.99 Å². The molecule has 0 saturated heterocycles. The van der Waals surface area contributed by atoms with Crippen molar-refractivity contribution in [3.8, 4) is 23.5 Å². The van der Waals surface area contributed by atoms with Gasteiger partial charge in [-0.05, 0) is 49.1 Å². The minimum Gasteiger partial charge on any atom is -0.478 e. The van der Waals surface area contributed by atoms with Crippen molar-refractivity contribution in [1.29, 1.82) is 0 Å². The van der Waals surface area contributed by atoms with Gasteiger partial charge in [-0.25, -0.2) is 4.98 Å². The highest BCUT2D eigenvalue weighted by Gasteiger charge is 2.31. The van der Waals surface area contributed by atoms with Crippen LogP contribution in [0, 0.1) is 11.8 Å². The first-order valence-corrected chi connectivity index (χ1v) is 12.0. The Labute approximate surface area is 204 Å². The number of pyridine rings is 1. The van der Waals surface area contributed by atoms with E-state index >= 15 is 0 Å². The van der Waals surface area contributed by atoms with Crippen molar-refractivity contribution in [3.05, 3.63) is 59.3 Å². The van der Waals surface area contributed by atoms with Crippen LogP contribution in [0.1, 0.15) is 43.4 Å². The molecule has 0 bridgehead atoms. The van der Waals surface area contributed by atoms with Crippen LogP contribution in [0.2, 0.25) is 0 Å². The molecule has 35 heavy (non-hydrogen) atoms. The van der Waals surface area contributed by atoms with Crippen molar-refractivity contribution in [3.63, 3.8) is 0 Å². The number of rotatable bonds is 4. The fraction of sp³-hybridized carbons (Fsp3) is 0.407. The molecule has 8 heteroatoms. The largest absolute Gasteiger partial charge is 0.478 e. The van der Waals surface area contributed by atoms with Gasteiger partial charge in [-0.15, -0.1) is 0 Å². The number of hydrogen-bond acceptors (Lipinski definition) is 8. The Kier molecular flexibility index (Phi) is 6.37. The number of hydrogen-bond donors (Lipinski definition) is 2. The third-order valence-corrected chi connectivity index (χ3v) is 6.56. The fourth-order valence-corrected chi connectivity index (χ4v) is 4.30. The van der Waals surface area contributed by atoms with Crippen LogP contribution in [0.25, 0.3) is 5.70 Å². The van der Waals surface area contributed by atoms with Crippen LogP contribution in [0.3, 0.4) is 0 Å². The Bertz CT molecular complexity index is 1220. The van der Waals surface area contributed by atoms with Crippen LogP contribution in [0.5, 0.6) is 11.6 Å². The van der Waals surface area contributed by atoms with Crippen LogP contribution in [0.15, 0.2) is 47.6 Å². The predicted octanol–water partition coefficient (Wildman–Crippen LogP) is 2.73. The molecular weight excluding hydrogens is 446 g/mol. The summed E-state index contributed by atoms with van der Waals surface area (Å²) >= 11 is 0. The molecule has 2 aromatic rings. The topological polar surface area (TPSA) is 96.6 Å². The first-order chi connectivity index (χ1) is 17.0. The molecule has 0 radical (unpaired) electrons. The average molecular weight is 476 g/mol. The highest BCUT2D eigenvalue weighted by atomic mass is 16.6. The van der Waals surface area contributed by atoms with E-state index in [0.29, 0.717) is 43.5 Å². The van der Waals surface area contributed by atoms with E-state index in [1.165, 1.54) is 0 Å². The standard InChI is InChI=1S/C27H29N3O5/c1-3-27(32,4-2)11-9-18-7-8-21-19(14-18)10-13-30-22(21)15-24(29-26(30)31)33-16-20-17-34-25-23(35-20)6-5-12-28-25/h5-8,12,14-15,20,26,31-32H,3-4,10,13,16-17H2,1-2H3. The van der Waals surface area contributed by atoms with Crippen LogP contribution in [-0.4, -0.2) is 63.8 Å². The number of fused-ring (bicyclic) bond motifs is 4. The van der Waals surface area contributed by atoms with E-state index in [0.717, 1.165) is 28.8 Å². The predicted molar refractivity (Wildman–Crippen MR) is 131 cm³/mol. The molecule has 0 amide bonds. The quantitative estimate of drug-likeness (QED) is 0.657. The first-order valence-electron chi connectivity index (χ1n) is 12.0. The SMILES string of the molecule is CCC(O)(C#Cc1ccc2c(c1)CCN1C2=CC(OCC2COc3ncccc3O2)=NC1O)CC. The third-order valence-electron chi connectivity index (χ3n) is 6.56. The average Bonchev–Trinajstić information content (AvgIpc) is 2.90. The third kappa shape index (κ3) is 4.83. The second-order valence-corrected chi connectivity index (χ2v) is 8.82. The molecule has 3 aliphatic heterocycles. The van der Waals surface area contributed by atoms with Gasteiger partial charge in [0, 0.05) is 29.9 Å². The van der Waals surface area contributed by atoms with Crippen molar-refractivity contribution in [1.82, 2.24) is 9.88 Å². The lowest BCUT2D eigenvalue weighted by atomic mass is 9.93. The molecule has 8 nitrogen and oxygen atoms in total. The number of ether oxygens (including phenoxy) is 3. The number of nitrogens with zero attached hydrogens (tertiary/aromatic N) is 3. The summed E-state index contributed by atoms with van der Waals surface area (Å²) in [6.07, 6.45) is 4.11. The smallest absolute Gasteiger partial charge is 0.257 e. The summed E-state index contributed by atoms with van der Waals surface area (Å²) in [5.41, 5.74) is 2.91. The Morgan fingerprint density at radius 2 is 2.11 bits per heavy atom. The zero-order valence-corrected chi connectivity index (χ0v) is 19.9. The molecule has 0 spiro atoms. The number of benzene rings is 1. The molecule has 0 fully saturated rings. The van der Waals surface area contributed by atoms with Crippen LogP contribution in [-0.2, 0) is 11.2 Å². The molecular formula is C27H29N3O5. The fourth-order valence-electron chi connectivity index (χ4n) is 4.30. The molecule has 4 heterocycles. The van der Waals surface area contributed by atoms with Gasteiger partial charge in [-0.1, -0.05) is 31.8 Å². The minimum atomic E-state index is -1.02. The minimum absolute atomic E-state index is 0.225. The summed E-state index contributed by atoms with van der Waals surface area (Å²) in [4.78, 5) is 10.3. The molecule has 2 unspecified atom stereocenters. The highest BCUT2D eigenvalue weighted by molar-refractivity contribution is 5.97. The van der Waals surface area contributed by atoms with Gasteiger partial charge in [-0.3, -0.25) is 0 Å². The Balaban J connectivity index is 1.31. The Morgan fingerprint density at radius 3 is 2.94 bits per heavy atom. The lowest BCUT2D eigenvalue weighted by Gasteiger charge is -2.37. The number of aromatic nitrogens is 1. The maximum absolute atomic E-state index is 10.7. The second-order valence-electron chi connectivity index (χ2n) is 8.82. The van der Waals surface area contributed by atoms with Crippen molar-refractivity contribution in [2.24, 2.45) is 4.99 Å². The normalized spacial score (nSPS) is 20.5. The van der Waals surface area contributed by atoms with Crippen molar-refractivity contribution in [2.75, 3.05) is 19.8 Å². The van der Waals surface area contributed by atoms with Crippen molar-refractivity contribution >= 4 is 11.6 Å². The van der Waals surface area contributed by atoms with Crippen LogP contribution < -0.4 is 9.47 Å². The molecule has 182 valence electrons. The van der Waals surface area contributed by atoms with Crippen molar-refractivity contribution in [2.45, 2.75) is 51.2 Å². The van der Waals surface area contributed by atoms with Gasteiger partial charge in [0.05, 0.1) is 5.70 Å². The molecule has 0 aliphatic carbocycles. The monoisotopic (exact) mass is 475 g/mol. The molecule has 1 aromatic carbocycles. The van der Waals surface area contributed by atoms with E-state index in [1.807, 2.05) is 37.0 Å². The highest BCUT2D eigenvalue weighted by Crippen LogP contribution is 2.33. The van der Waals surface area contributed by atoms with E-state index in [-0.39, 0.29) is 12.7 Å². The van der Waals surface area contributed by atoms with Crippen LogP contribution >= 0.6 is 0 Å². The number of aliphatic hydroxyl groups excluding tert-OH is 1. The first kappa shape index (κ1) is 23.2. The summed E-state index contributed by atoms with van der Waals surface area (Å²) in [6, 6.07) is 9.60. The number of aliphatic hydroxyl groups is 2. The summed E-state index contributed by atoms with van der Waals surface area (Å²) in [6.45, 7) is 5.05. The molecule has 0 saturated carbocycles. The second kappa shape index (κ2) is 9.61. The summed E-state index contributed by atoms with van der Waals surface area (Å²) in [5, 5.41) is 21.1. The Hall–Kier alpha value is -3.54. The lowest BCUT2D eigenvalue weighted by molar-refractivity contribution is 0.0348. The van der Waals surface area contributed by atoms with E-state index in [2.05, 4.69) is 27.9 Å². The molecule has 3 aliphatic rings. The zero-order valence-electron chi connectivity index (χ0n) is 19.9. The molecule has 2 N–H and O–H groups in total. The van der Waals surface area contributed by atoms with Gasteiger partial charge >= 0.3 is 0 Å². The summed E-state index contributed by atoms with van der Waals surface area (Å²) < 4.78 is 17.4.